The first-order valence-corrected chi connectivity index (χ1v) is 5.67. The second kappa shape index (κ2) is 6.36. The molecule has 0 heterocycles. The van der Waals surface area contributed by atoms with Crippen molar-refractivity contribution in [2.45, 2.75) is 13.1 Å². The van der Waals surface area contributed by atoms with Gasteiger partial charge in [-0.15, -0.1) is 0 Å². The molecule has 4 nitrogen and oxygen atoms in total. The van der Waals surface area contributed by atoms with Crippen molar-refractivity contribution in [2.75, 3.05) is 13.1 Å². The van der Waals surface area contributed by atoms with Crippen LogP contribution in [0.2, 0.25) is 0 Å². The van der Waals surface area contributed by atoms with Crippen LogP contribution in [0.25, 0.3) is 0 Å². The van der Waals surface area contributed by atoms with Gasteiger partial charge in [0.25, 0.3) is 5.91 Å². The largest absolute Gasteiger partial charge is 0.419 e. The fourth-order valence-corrected chi connectivity index (χ4v) is 1.41. The number of alkyl halides is 3. The topological polar surface area (TPSA) is 58.2 Å². The summed E-state index contributed by atoms with van der Waals surface area (Å²) in [5.41, 5.74) is -1.90. The molecule has 110 valence electrons. The van der Waals surface area contributed by atoms with Gasteiger partial charge in [0.05, 0.1) is 12.1 Å². The van der Waals surface area contributed by atoms with E-state index < -0.39 is 29.4 Å². The highest BCUT2D eigenvalue weighted by atomic mass is 19.4. The van der Waals surface area contributed by atoms with E-state index >= 15 is 0 Å². The summed E-state index contributed by atoms with van der Waals surface area (Å²) in [5, 5.41) is 4.54. The molecule has 2 amide bonds. The highest BCUT2D eigenvalue weighted by Crippen LogP contribution is 2.31. The average Bonchev–Trinajstić information content (AvgIpc) is 2.35. The third-order valence-corrected chi connectivity index (χ3v) is 2.32. The van der Waals surface area contributed by atoms with Gasteiger partial charge in [-0.1, -0.05) is 0 Å². The monoisotopic (exact) mass is 292 g/mol. The number of halogens is 4. The minimum Gasteiger partial charge on any atom is -0.355 e. The number of nitrogens with one attached hydrogen (secondary N) is 2. The van der Waals surface area contributed by atoms with Crippen LogP contribution in [-0.4, -0.2) is 24.9 Å². The van der Waals surface area contributed by atoms with Gasteiger partial charge < -0.3 is 10.6 Å². The molecule has 0 unspecified atom stereocenters. The van der Waals surface area contributed by atoms with Crippen LogP contribution in [0.5, 0.6) is 0 Å². The summed E-state index contributed by atoms with van der Waals surface area (Å²) < 4.78 is 50.4. The molecule has 2 N–H and O–H groups in total. The van der Waals surface area contributed by atoms with E-state index in [0.717, 1.165) is 6.07 Å². The molecule has 0 aliphatic heterocycles. The van der Waals surface area contributed by atoms with Crippen LogP contribution in [0.1, 0.15) is 22.8 Å². The van der Waals surface area contributed by atoms with Gasteiger partial charge in [-0.3, -0.25) is 9.59 Å². The van der Waals surface area contributed by atoms with Crippen LogP contribution in [0, 0.1) is 5.82 Å². The molecular formula is C12H12F4N2O2. The summed E-state index contributed by atoms with van der Waals surface area (Å²) in [6.45, 7) is 1.67. The van der Waals surface area contributed by atoms with Gasteiger partial charge >= 0.3 is 6.18 Å². The minimum atomic E-state index is -4.89. The number of hydrogen-bond acceptors (Lipinski definition) is 2. The molecule has 8 heteroatoms. The maximum atomic E-state index is 13.0. The average molecular weight is 292 g/mol. The van der Waals surface area contributed by atoms with Crippen molar-refractivity contribution in [3.05, 3.63) is 35.1 Å². The molecule has 1 rings (SSSR count). The Bertz CT molecular complexity index is 515. The van der Waals surface area contributed by atoms with Crippen molar-refractivity contribution in [1.29, 1.82) is 0 Å². The van der Waals surface area contributed by atoms with E-state index in [-0.39, 0.29) is 12.1 Å². The zero-order chi connectivity index (χ0) is 15.3. The number of benzene rings is 1. The Morgan fingerprint density at radius 2 is 1.85 bits per heavy atom. The first kappa shape index (κ1) is 15.9. The maximum absolute atomic E-state index is 13.0. The Hall–Kier alpha value is -2.12. The molecule has 0 atom stereocenters. The number of carbonyl (C=O) groups excluding carboxylic acids is 2. The molecule has 0 spiro atoms. The van der Waals surface area contributed by atoms with Gasteiger partial charge in [0.1, 0.15) is 5.82 Å². The molecule has 0 aromatic heterocycles. The zero-order valence-electron chi connectivity index (χ0n) is 10.5. The first-order chi connectivity index (χ1) is 9.25. The second-order valence-electron chi connectivity index (χ2n) is 3.83. The first-order valence-electron chi connectivity index (χ1n) is 5.67. The third kappa shape index (κ3) is 4.22. The number of carbonyl (C=O) groups is 2. The Balaban J connectivity index is 2.82. The number of hydrogen-bond donors (Lipinski definition) is 2. The van der Waals surface area contributed by atoms with Gasteiger partial charge in [0.2, 0.25) is 5.91 Å². The van der Waals surface area contributed by atoms with Gasteiger partial charge in [0, 0.05) is 12.1 Å². The maximum Gasteiger partial charge on any atom is 0.419 e. The van der Waals surface area contributed by atoms with Gasteiger partial charge in [-0.25, -0.2) is 4.39 Å². The number of likely N-dealkylation sites (N-methyl/N-ethyl adjacent to an activating group) is 1. The highest BCUT2D eigenvalue weighted by molar-refractivity contribution is 5.96. The lowest BCUT2D eigenvalue weighted by atomic mass is 10.1. The number of amides is 2. The summed E-state index contributed by atoms with van der Waals surface area (Å²) >= 11 is 0. The van der Waals surface area contributed by atoms with Crippen LogP contribution in [-0.2, 0) is 11.0 Å². The molecule has 0 bridgehead atoms. The van der Waals surface area contributed by atoms with Crippen molar-refractivity contribution < 1.29 is 27.2 Å². The summed E-state index contributed by atoms with van der Waals surface area (Å²) in [6, 6.07) is 1.88. The van der Waals surface area contributed by atoms with Crippen molar-refractivity contribution in [3.8, 4) is 0 Å². The lowest BCUT2D eigenvalue weighted by molar-refractivity contribution is -0.140. The van der Waals surface area contributed by atoms with Crippen LogP contribution < -0.4 is 10.6 Å². The summed E-state index contributed by atoms with van der Waals surface area (Å²) in [7, 11) is 0. The SMILES string of the molecule is CCNC(=O)CNC(=O)c1ccc(F)c(C(F)(F)F)c1. The standard InChI is InChI=1S/C12H12F4N2O2/c1-2-17-10(19)6-18-11(20)7-3-4-9(13)8(5-7)12(14,15)16/h3-5H,2,6H2,1H3,(H,17,19)(H,18,20). The van der Waals surface area contributed by atoms with Gasteiger partial charge in [-0.05, 0) is 25.1 Å². The Kier molecular flexibility index (Phi) is 5.06. The van der Waals surface area contributed by atoms with E-state index in [2.05, 4.69) is 10.6 Å². The van der Waals surface area contributed by atoms with Crippen LogP contribution in [0.4, 0.5) is 17.6 Å². The van der Waals surface area contributed by atoms with E-state index in [1.807, 2.05) is 0 Å². The Morgan fingerprint density at radius 3 is 2.40 bits per heavy atom. The third-order valence-electron chi connectivity index (χ3n) is 2.32. The zero-order valence-corrected chi connectivity index (χ0v) is 10.5. The van der Waals surface area contributed by atoms with Crippen molar-refractivity contribution >= 4 is 11.8 Å². The molecule has 1 aromatic rings. The van der Waals surface area contributed by atoms with Crippen LogP contribution in [0.3, 0.4) is 0 Å². The fraction of sp³-hybridized carbons (Fsp3) is 0.333. The van der Waals surface area contributed by atoms with Crippen LogP contribution in [0.15, 0.2) is 18.2 Å². The van der Waals surface area contributed by atoms with Crippen LogP contribution >= 0.6 is 0 Å². The fourth-order valence-electron chi connectivity index (χ4n) is 1.41. The molecule has 0 fully saturated rings. The number of rotatable bonds is 4. The Morgan fingerprint density at radius 1 is 1.20 bits per heavy atom. The summed E-state index contributed by atoms with van der Waals surface area (Å²) in [5.74, 6) is -2.82. The van der Waals surface area contributed by atoms with Crippen molar-refractivity contribution in [2.24, 2.45) is 0 Å². The van der Waals surface area contributed by atoms with E-state index in [1.54, 1.807) is 6.92 Å². The van der Waals surface area contributed by atoms with E-state index in [4.69, 9.17) is 0 Å². The van der Waals surface area contributed by atoms with Crippen molar-refractivity contribution in [3.63, 3.8) is 0 Å². The summed E-state index contributed by atoms with van der Waals surface area (Å²) in [6.07, 6.45) is -4.89. The molecular weight excluding hydrogens is 280 g/mol. The molecule has 20 heavy (non-hydrogen) atoms. The molecule has 0 saturated heterocycles. The smallest absolute Gasteiger partial charge is 0.355 e. The molecule has 0 aliphatic carbocycles. The van der Waals surface area contributed by atoms with Crippen molar-refractivity contribution in [1.82, 2.24) is 10.6 Å². The van der Waals surface area contributed by atoms with E-state index in [1.165, 1.54) is 0 Å². The summed E-state index contributed by atoms with van der Waals surface area (Å²) in [4.78, 5) is 22.7. The molecule has 1 aromatic carbocycles. The predicted molar refractivity (Wildman–Crippen MR) is 62.4 cm³/mol. The lowest BCUT2D eigenvalue weighted by Gasteiger charge is -2.10. The minimum absolute atomic E-state index is 0.365. The predicted octanol–water partition coefficient (Wildman–Crippen LogP) is 1.71. The van der Waals surface area contributed by atoms with Gasteiger partial charge in [-0.2, -0.15) is 13.2 Å². The second-order valence-corrected chi connectivity index (χ2v) is 3.83. The molecule has 0 radical (unpaired) electrons. The molecule has 0 aliphatic rings. The quantitative estimate of drug-likeness (QED) is 0.830. The van der Waals surface area contributed by atoms with E-state index in [9.17, 15) is 27.2 Å². The molecule has 0 saturated carbocycles. The Labute approximate surface area is 112 Å². The normalized spacial score (nSPS) is 11.1. The highest BCUT2D eigenvalue weighted by Gasteiger charge is 2.34. The lowest BCUT2D eigenvalue weighted by Crippen LogP contribution is -2.36. The van der Waals surface area contributed by atoms with E-state index in [0.29, 0.717) is 18.7 Å². The van der Waals surface area contributed by atoms with Gasteiger partial charge in [0.15, 0.2) is 0 Å².